The van der Waals surface area contributed by atoms with Crippen molar-refractivity contribution >= 4 is 19.8 Å². The van der Waals surface area contributed by atoms with E-state index >= 15 is 0 Å². The Hall–Kier alpha value is -3.07. The van der Waals surface area contributed by atoms with E-state index in [9.17, 15) is 19.0 Å². The zero-order chi connectivity index (χ0) is 62.6. The van der Waals surface area contributed by atoms with E-state index in [-0.39, 0.29) is 32.0 Å². The lowest BCUT2D eigenvalue weighted by Gasteiger charge is -2.24. The Kier molecular flexibility index (Phi) is 64.0. The monoisotopic (exact) mass is 1220 g/mol. The molecule has 0 aromatic rings. The maximum atomic E-state index is 12.9. The molecule has 0 fully saturated rings. The lowest BCUT2D eigenvalue weighted by Crippen LogP contribution is -2.37. The van der Waals surface area contributed by atoms with Crippen LogP contribution in [0.15, 0.2) is 97.2 Å². The number of quaternary nitrogens is 1. The molecular weight excluding hydrogens is 1090 g/mol. The van der Waals surface area contributed by atoms with Crippen molar-refractivity contribution in [1.29, 1.82) is 0 Å². The number of esters is 2. The number of hydrogen-bond acceptors (Lipinski definition) is 7. The molecule has 0 aromatic heterocycles. The molecule has 2 atom stereocenters. The summed E-state index contributed by atoms with van der Waals surface area (Å²) in [5, 5.41) is 0. The van der Waals surface area contributed by atoms with Gasteiger partial charge in [0.15, 0.2) is 6.10 Å². The molecule has 86 heavy (non-hydrogen) atoms. The molecule has 498 valence electrons. The second-order valence-electron chi connectivity index (χ2n) is 25.2. The zero-order valence-corrected chi connectivity index (χ0v) is 57.7. The van der Waals surface area contributed by atoms with Crippen molar-refractivity contribution in [3.63, 3.8) is 0 Å². The van der Waals surface area contributed by atoms with Gasteiger partial charge in [0.05, 0.1) is 27.7 Å². The van der Waals surface area contributed by atoms with Gasteiger partial charge in [-0.05, 0) is 96.3 Å². The molecule has 0 saturated carbocycles. The topological polar surface area (TPSA) is 108 Å². The van der Waals surface area contributed by atoms with E-state index in [1.807, 2.05) is 21.1 Å². The maximum Gasteiger partial charge on any atom is 0.472 e. The minimum absolute atomic E-state index is 0.0304. The van der Waals surface area contributed by atoms with Gasteiger partial charge in [-0.1, -0.05) is 310 Å². The molecule has 10 heteroatoms. The summed E-state index contributed by atoms with van der Waals surface area (Å²) in [6.07, 6.45) is 92.3. The highest BCUT2D eigenvalue weighted by atomic mass is 31.2. The van der Waals surface area contributed by atoms with Gasteiger partial charge in [0.2, 0.25) is 0 Å². The molecule has 0 aliphatic heterocycles. The van der Waals surface area contributed by atoms with Crippen LogP contribution in [0.4, 0.5) is 0 Å². The van der Waals surface area contributed by atoms with Crippen molar-refractivity contribution in [2.24, 2.45) is 0 Å². The van der Waals surface area contributed by atoms with Gasteiger partial charge in [-0.25, -0.2) is 4.57 Å². The molecule has 0 rings (SSSR count). The van der Waals surface area contributed by atoms with Gasteiger partial charge < -0.3 is 18.9 Å². The maximum absolute atomic E-state index is 12.9. The minimum atomic E-state index is -4.39. The average molecular weight is 1220 g/mol. The Bertz CT molecular complexity index is 1770. The second kappa shape index (κ2) is 66.4. The Balaban J connectivity index is 3.98. The highest BCUT2D eigenvalue weighted by Gasteiger charge is 2.27. The van der Waals surface area contributed by atoms with Crippen molar-refractivity contribution in [2.45, 2.75) is 328 Å². The number of phosphoric ester groups is 1. The van der Waals surface area contributed by atoms with E-state index in [1.165, 1.54) is 212 Å². The van der Waals surface area contributed by atoms with E-state index < -0.39 is 26.5 Å². The van der Waals surface area contributed by atoms with Gasteiger partial charge in [0.25, 0.3) is 0 Å². The Morgan fingerprint density at radius 3 is 0.988 bits per heavy atom. The highest BCUT2D eigenvalue weighted by molar-refractivity contribution is 7.47. The van der Waals surface area contributed by atoms with Gasteiger partial charge in [-0.2, -0.15) is 0 Å². The van der Waals surface area contributed by atoms with E-state index in [0.717, 1.165) is 77.0 Å². The molecule has 2 unspecified atom stereocenters. The first-order chi connectivity index (χ1) is 42.0. The minimum Gasteiger partial charge on any atom is -0.462 e. The van der Waals surface area contributed by atoms with E-state index in [1.54, 1.807) is 0 Å². The molecule has 0 aromatic carbocycles. The summed E-state index contributed by atoms with van der Waals surface area (Å²) >= 11 is 0. The van der Waals surface area contributed by atoms with Crippen LogP contribution in [0.3, 0.4) is 0 Å². The van der Waals surface area contributed by atoms with Crippen LogP contribution < -0.4 is 0 Å². The number of allylic oxidation sites excluding steroid dienone is 16. The number of rotatable bonds is 66. The first kappa shape index (κ1) is 82.9. The molecule has 0 radical (unpaired) electrons. The van der Waals surface area contributed by atoms with E-state index in [0.29, 0.717) is 17.4 Å². The van der Waals surface area contributed by atoms with Gasteiger partial charge in [0, 0.05) is 12.8 Å². The van der Waals surface area contributed by atoms with Crippen LogP contribution in [-0.4, -0.2) is 74.9 Å². The summed E-state index contributed by atoms with van der Waals surface area (Å²) in [7, 11) is 1.48. The average Bonchev–Trinajstić information content (AvgIpc) is 3.56. The number of carbonyl (C=O) groups is 2. The predicted molar refractivity (Wildman–Crippen MR) is 372 cm³/mol. The van der Waals surface area contributed by atoms with Crippen LogP contribution in [0.5, 0.6) is 0 Å². The molecule has 0 heterocycles. The standard InChI is InChI=1S/C76H136NO8P/c1-6-8-10-12-14-16-18-20-22-24-26-28-30-31-32-33-34-35-36-37-38-39-40-41-42-43-44-45-47-49-51-53-55-57-59-61-63-65-67-69-76(79)85-74(73-84-86(80,81)83-71-70-77(3,4)5)72-82-75(78)68-66-64-62-60-58-56-54-52-50-48-46-29-27-25-23-21-19-17-15-13-11-9-7-2/h8,10,14,16,19-22,25-28,31-32,34-35,74H,6-7,9,11-13,15,17-18,23-24,29-30,33,36-73H2,1-5H3/p+1/b10-8-,16-14-,21-19-,22-20-,27-25-,28-26-,32-31-,35-34-. The van der Waals surface area contributed by atoms with Crippen molar-refractivity contribution in [2.75, 3.05) is 47.5 Å². The van der Waals surface area contributed by atoms with Crippen LogP contribution in [0.2, 0.25) is 0 Å². The lowest BCUT2D eigenvalue weighted by atomic mass is 10.0. The number of phosphoric acid groups is 1. The molecule has 0 amide bonds. The summed E-state index contributed by atoms with van der Waals surface area (Å²) in [5.41, 5.74) is 0. The summed E-state index contributed by atoms with van der Waals surface area (Å²) < 4.78 is 34.7. The number of nitrogens with zero attached hydrogens (tertiary/aromatic N) is 1. The van der Waals surface area contributed by atoms with E-state index in [2.05, 4.69) is 111 Å². The highest BCUT2D eigenvalue weighted by Crippen LogP contribution is 2.43. The summed E-state index contributed by atoms with van der Waals surface area (Å²) in [4.78, 5) is 35.9. The number of unbranched alkanes of at least 4 members (excludes halogenated alkanes) is 36. The fraction of sp³-hybridized carbons (Fsp3) is 0.763. The molecule has 9 nitrogen and oxygen atoms in total. The molecule has 0 bridgehead atoms. The Labute approximate surface area is 532 Å². The van der Waals surface area contributed by atoms with Crippen molar-refractivity contribution in [3.05, 3.63) is 97.2 Å². The molecular formula is C76H137NO8P+. The van der Waals surface area contributed by atoms with Gasteiger partial charge in [-0.3, -0.25) is 18.6 Å². The fourth-order valence-corrected chi connectivity index (χ4v) is 10.9. The van der Waals surface area contributed by atoms with Crippen molar-refractivity contribution in [1.82, 2.24) is 0 Å². The van der Waals surface area contributed by atoms with Crippen LogP contribution in [0, 0.1) is 0 Å². The third-order valence-electron chi connectivity index (χ3n) is 15.6. The largest absolute Gasteiger partial charge is 0.472 e. The predicted octanol–water partition coefficient (Wildman–Crippen LogP) is 23.5. The molecule has 0 aliphatic carbocycles. The zero-order valence-electron chi connectivity index (χ0n) is 56.8. The van der Waals surface area contributed by atoms with E-state index in [4.69, 9.17) is 18.5 Å². The van der Waals surface area contributed by atoms with Crippen LogP contribution in [0.25, 0.3) is 0 Å². The number of ether oxygens (including phenoxy) is 2. The first-order valence-electron chi connectivity index (χ1n) is 36.0. The fourth-order valence-electron chi connectivity index (χ4n) is 10.1. The van der Waals surface area contributed by atoms with Crippen molar-refractivity contribution in [3.8, 4) is 0 Å². The number of likely N-dealkylation sites (N-methyl/N-ethyl adjacent to an activating group) is 1. The molecule has 0 saturated heterocycles. The number of carbonyl (C=O) groups excluding carboxylic acids is 2. The molecule has 0 spiro atoms. The quantitative estimate of drug-likeness (QED) is 0.0211. The summed E-state index contributed by atoms with van der Waals surface area (Å²) in [6, 6.07) is 0. The lowest BCUT2D eigenvalue weighted by molar-refractivity contribution is -0.870. The third-order valence-corrected chi connectivity index (χ3v) is 16.6. The molecule has 0 aliphatic rings. The normalized spacial score (nSPS) is 13.7. The second-order valence-corrected chi connectivity index (χ2v) is 26.7. The van der Waals surface area contributed by atoms with Crippen LogP contribution in [-0.2, 0) is 32.7 Å². The van der Waals surface area contributed by atoms with Crippen LogP contribution >= 0.6 is 7.82 Å². The third kappa shape index (κ3) is 70.0. The van der Waals surface area contributed by atoms with Gasteiger partial charge >= 0.3 is 19.8 Å². The van der Waals surface area contributed by atoms with Crippen molar-refractivity contribution < 1.29 is 42.1 Å². The molecule has 1 N–H and O–H groups in total. The Morgan fingerprint density at radius 1 is 0.372 bits per heavy atom. The first-order valence-corrected chi connectivity index (χ1v) is 37.5. The SMILES string of the molecule is CC/C=C\C/C=C\C/C=C\C/C=C\C/C=C\C/C=C\CCCCCCCCCCCCCCCCCCCCCCC(=O)OC(COC(=O)CCCCCCCCCCCCC/C=C\C/C=C\CCCCCCC)COP(=O)(O)OCC[N+](C)(C)C. The Morgan fingerprint density at radius 2 is 0.663 bits per heavy atom. The number of hydrogen-bond donors (Lipinski definition) is 1. The van der Waals surface area contributed by atoms with Gasteiger partial charge in [0.1, 0.15) is 19.8 Å². The van der Waals surface area contributed by atoms with Gasteiger partial charge in [-0.15, -0.1) is 0 Å². The van der Waals surface area contributed by atoms with Crippen LogP contribution in [0.1, 0.15) is 322 Å². The smallest absolute Gasteiger partial charge is 0.462 e. The summed E-state index contributed by atoms with van der Waals surface area (Å²) in [5.74, 6) is -0.788. The summed E-state index contributed by atoms with van der Waals surface area (Å²) in [6.45, 7) is 4.34.